The maximum atomic E-state index is 6.18. The fourth-order valence-corrected chi connectivity index (χ4v) is 2.18. The van der Waals surface area contributed by atoms with Crippen molar-refractivity contribution in [2.45, 2.75) is 27.4 Å². The standard InChI is InChI=1S/C14H18ClN3O/c1-8-6-13(9(2)5-12(8)16)19-7-11-10(3)17-18(4)14(11)15/h5-6H,7,16H2,1-4H3. The third-order valence-electron chi connectivity index (χ3n) is 3.21. The summed E-state index contributed by atoms with van der Waals surface area (Å²) < 4.78 is 7.49. The molecular formula is C14H18ClN3O. The predicted octanol–water partition coefficient (Wildman–Crippen LogP) is 3.16. The Kier molecular flexibility index (Phi) is 3.71. The van der Waals surface area contributed by atoms with Gasteiger partial charge in [-0.05, 0) is 44.0 Å². The number of aryl methyl sites for hydroxylation is 4. The molecule has 102 valence electrons. The van der Waals surface area contributed by atoms with Gasteiger partial charge in [0.2, 0.25) is 0 Å². The van der Waals surface area contributed by atoms with Gasteiger partial charge in [-0.1, -0.05) is 11.6 Å². The number of halogens is 1. The minimum atomic E-state index is 0.405. The van der Waals surface area contributed by atoms with E-state index in [0.29, 0.717) is 11.8 Å². The summed E-state index contributed by atoms with van der Waals surface area (Å²) in [5, 5.41) is 4.87. The molecule has 0 bridgehead atoms. The Labute approximate surface area is 118 Å². The minimum absolute atomic E-state index is 0.405. The average molecular weight is 280 g/mol. The van der Waals surface area contributed by atoms with Gasteiger partial charge in [0.25, 0.3) is 0 Å². The van der Waals surface area contributed by atoms with Gasteiger partial charge < -0.3 is 10.5 Å². The highest BCUT2D eigenvalue weighted by Crippen LogP contribution is 2.26. The molecule has 0 saturated heterocycles. The van der Waals surface area contributed by atoms with Crippen LogP contribution < -0.4 is 10.5 Å². The van der Waals surface area contributed by atoms with E-state index < -0.39 is 0 Å². The van der Waals surface area contributed by atoms with E-state index in [1.54, 1.807) is 4.68 Å². The third-order valence-corrected chi connectivity index (χ3v) is 3.68. The SMILES string of the molecule is Cc1cc(OCc2c(C)nn(C)c2Cl)c(C)cc1N. The lowest BCUT2D eigenvalue weighted by molar-refractivity contribution is 0.303. The Balaban J connectivity index is 2.21. The Morgan fingerprint density at radius 2 is 1.95 bits per heavy atom. The smallest absolute Gasteiger partial charge is 0.133 e. The van der Waals surface area contributed by atoms with Crippen molar-refractivity contribution in [3.8, 4) is 5.75 Å². The topological polar surface area (TPSA) is 53.1 Å². The molecule has 0 aliphatic carbocycles. The van der Waals surface area contributed by atoms with Crippen LogP contribution >= 0.6 is 11.6 Å². The van der Waals surface area contributed by atoms with Crippen LogP contribution in [0.1, 0.15) is 22.4 Å². The zero-order chi connectivity index (χ0) is 14.2. The molecule has 2 rings (SSSR count). The van der Waals surface area contributed by atoms with E-state index >= 15 is 0 Å². The van der Waals surface area contributed by atoms with Gasteiger partial charge >= 0.3 is 0 Å². The molecule has 0 aliphatic rings. The van der Waals surface area contributed by atoms with Crippen LogP contribution in [0.25, 0.3) is 0 Å². The van der Waals surface area contributed by atoms with Gasteiger partial charge in [-0.3, -0.25) is 4.68 Å². The first-order chi connectivity index (χ1) is 8.90. The van der Waals surface area contributed by atoms with Crippen LogP contribution in [0.4, 0.5) is 5.69 Å². The molecule has 0 saturated carbocycles. The molecule has 0 aliphatic heterocycles. The molecule has 0 fully saturated rings. The van der Waals surface area contributed by atoms with Crippen molar-refractivity contribution in [2.24, 2.45) is 7.05 Å². The van der Waals surface area contributed by atoms with Crippen LogP contribution in [0.3, 0.4) is 0 Å². The summed E-state index contributed by atoms with van der Waals surface area (Å²) in [6.45, 7) is 6.27. The van der Waals surface area contributed by atoms with Crippen molar-refractivity contribution < 1.29 is 4.74 Å². The molecule has 1 heterocycles. The number of benzene rings is 1. The number of nitrogens with two attached hydrogens (primary N) is 1. The fraction of sp³-hybridized carbons (Fsp3) is 0.357. The van der Waals surface area contributed by atoms with Crippen LogP contribution in [0.15, 0.2) is 12.1 Å². The van der Waals surface area contributed by atoms with E-state index in [4.69, 9.17) is 22.1 Å². The van der Waals surface area contributed by atoms with E-state index in [-0.39, 0.29) is 0 Å². The lowest BCUT2D eigenvalue weighted by atomic mass is 10.1. The van der Waals surface area contributed by atoms with Gasteiger partial charge in [0.15, 0.2) is 0 Å². The Morgan fingerprint density at radius 3 is 2.53 bits per heavy atom. The molecule has 2 N–H and O–H groups in total. The van der Waals surface area contributed by atoms with Crippen LogP contribution in [0.5, 0.6) is 5.75 Å². The monoisotopic (exact) mass is 279 g/mol. The Morgan fingerprint density at radius 1 is 1.26 bits per heavy atom. The minimum Gasteiger partial charge on any atom is -0.488 e. The van der Waals surface area contributed by atoms with Gasteiger partial charge in [-0.2, -0.15) is 5.10 Å². The molecule has 19 heavy (non-hydrogen) atoms. The van der Waals surface area contributed by atoms with Crippen molar-refractivity contribution in [1.29, 1.82) is 0 Å². The molecule has 0 unspecified atom stereocenters. The molecule has 5 heteroatoms. The van der Waals surface area contributed by atoms with Gasteiger partial charge in [-0.15, -0.1) is 0 Å². The normalized spacial score (nSPS) is 10.8. The molecule has 0 spiro atoms. The number of nitrogens with zero attached hydrogens (tertiary/aromatic N) is 2. The number of anilines is 1. The summed E-state index contributed by atoms with van der Waals surface area (Å²) in [5.41, 5.74) is 10.5. The molecular weight excluding hydrogens is 262 g/mol. The number of hydrogen-bond donors (Lipinski definition) is 1. The second-order valence-electron chi connectivity index (χ2n) is 4.74. The summed E-state index contributed by atoms with van der Waals surface area (Å²) in [4.78, 5) is 0. The highest BCUT2D eigenvalue weighted by Gasteiger charge is 2.12. The first-order valence-electron chi connectivity index (χ1n) is 6.07. The van der Waals surface area contributed by atoms with E-state index in [0.717, 1.165) is 33.8 Å². The van der Waals surface area contributed by atoms with Gasteiger partial charge in [-0.25, -0.2) is 0 Å². The summed E-state index contributed by atoms with van der Waals surface area (Å²) in [5.74, 6) is 0.825. The molecule has 4 nitrogen and oxygen atoms in total. The largest absolute Gasteiger partial charge is 0.488 e. The van der Waals surface area contributed by atoms with E-state index in [1.807, 2.05) is 40.0 Å². The van der Waals surface area contributed by atoms with Crippen LogP contribution in [-0.4, -0.2) is 9.78 Å². The van der Waals surface area contributed by atoms with Crippen molar-refractivity contribution in [2.75, 3.05) is 5.73 Å². The lowest BCUT2D eigenvalue weighted by Gasteiger charge is -2.11. The number of rotatable bonds is 3. The van der Waals surface area contributed by atoms with E-state index in [9.17, 15) is 0 Å². The quantitative estimate of drug-likeness (QED) is 0.878. The maximum Gasteiger partial charge on any atom is 0.133 e. The highest BCUT2D eigenvalue weighted by molar-refractivity contribution is 6.30. The first kappa shape index (κ1) is 13.7. The zero-order valence-electron chi connectivity index (χ0n) is 11.6. The summed E-state index contributed by atoms with van der Waals surface area (Å²) >= 11 is 6.18. The first-order valence-corrected chi connectivity index (χ1v) is 6.45. The number of aromatic nitrogens is 2. The van der Waals surface area contributed by atoms with Crippen LogP contribution in [-0.2, 0) is 13.7 Å². The Bertz CT molecular complexity index is 620. The van der Waals surface area contributed by atoms with Gasteiger partial charge in [0, 0.05) is 18.3 Å². The number of ether oxygens (including phenoxy) is 1. The van der Waals surface area contributed by atoms with Crippen molar-refractivity contribution in [3.05, 3.63) is 39.7 Å². The Hall–Kier alpha value is -1.68. The van der Waals surface area contributed by atoms with Gasteiger partial charge in [0.05, 0.1) is 5.69 Å². The third kappa shape index (κ3) is 2.68. The highest BCUT2D eigenvalue weighted by atomic mass is 35.5. The molecule has 0 radical (unpaired) electrons. The second kappa shape index (κ2) is 5.13. The number of hydrogen-bond acceptors (Lipinski definition) is 3. The van der Waals surface area contributed by atoms with Crippen molar-refractivity contribution in [3.63, 3.8) is 0 Å². The predicted molar refractivity (Wildman–Crippen MR) is 77.6 cm³/mol. The zero-order valence-corrected chi connectivity index (χ0v) is 12.4. The van der Waals surface area contributed by atoms with Crippen LogP contribution in [0.2, 0.25) is 5.15 Å². The average Bonchev–Trinajstić information content (AvgIpc) is 2.57. The van der Waals surface area contributed by atoms with Gasteiger partial charge in [0.1, 0.15) is 17.5 Å². The summed E-state index contributed by atoms with van der Waals surface area (Å²) in [6.07, 6.45) is 0. The summed E-state index contributed by atoms with van der Waals surface area (Å²) in [7, 11) is 1.82. The molecule has 2 aromatic rings. The molecule has 1 aromatic heterocycles. The van der Waals surface area contributed by atoms with E-state index in [1.165, 1.54) is 0 Å². The molecule has 0 atom stereocenters. The lowest BCUT2D eigenvalue weighted by Crippen LogP contribution is -2.00. The van der Waals surface area contributed by atoms with Crippen molar-refractivity contribution in [1.82, 2.24) is 9.78 Å². The maximum absolute atomic E-state index is 6.18. The van der Waals surface area contributed by atoms with E-state index in [2.05, 4.69) is 5.10 Å². The van der Waals surface area contributed by atoms with Crippen LogP contribution in [0, 0.1) is 20.8 Å². The van der Waals surface area contributed by atoms with Crippen molar-refractivity contribution >= 4 is 17.3 Å². The summed E-state index contributed by atoms with van der Waals surface area (Å²) in [6, 6.07) is 3.87. The molecule has 0 amide bonds. The molecule has 1 aromatic carbocycles. The second-order valence-corrected chi connectivity index (χ2v) is 5.10. The number of nitrogen functional groups attached to an aromatic ring is 1. The fourth-order valence-electron chi connectivity index (χ4n) is 1.96.